The SMILES string of the molecule is O=c1[nH]c(=O)n([C@H]2CC[C@@H](CCl)O2)cc1Br. The first-order valence-electron chi connectivity index (χ1n) is 4.84. The summed E-state index contributed by atoms with van der Waals surface area (Å²) in [5.74, 6) is 0.412. The lowest BCUT2D eigenvalue weighted by Crippen LogP contribution is -2.32. The average molecular weight is 310 g/mol. The number of hydrogen-bond donors (Lipinski definition) is 1. The van der Waals surface area contributed by atoms with Crippen LogP contribution in [0.3, 0.4) is 0 Å². The zero-order valence-electron chi connectivity index (χ0n) is 8.28. The second-order valence-electron chi connectivity index (χ2n) is 3.59. The zero-order chi connectivity index (χ0) is 11.7. The van der Waals surface area contributed by atoms with Gasteiger partial charge in [-0.05, 0) is 28.8 Å². The van der Waals surface area contributed by atoms with Crippen LogP contribution in [0.5, 0.6) is 0 Å². The number of halogens is 2. The van der Waals surface area contributed by atoms with Crippen molar-refractivity contribution in [2.24, 2.45) is 0 Å². The van der Waals surface area contributed by atoms with Crippen molar-refractivity contribution in [3.05, 3.63) is 31.5 Å². The number of alkyl halides is 1. The van der Waals surface area contributed by atoms with Gasteiger partial charge in [0.05, 0.1) is 10.6 Å². The first-order chi connectivity index (χ1) is 7.61. The van der Waals surface area contributed by atoms with Crippen molar-refractivity contribution in [2.45, 2.75) is 25.2 Å². The summed E-state index contributed by atoms with van der Waals surface area (Å²) in [6, 6.07) is 0. The highest BCUT2D eigenvalue weighted by Crippen LogP contribution is 2.27. The first-order valence-corrected chi connectivity index (χ1v) is 6.17. The Morgan fingerprint density at radius 1 is 1.56 bits per heavy atom. The summed E-state index contributed by atoms with van der Waals surface area (Å²) < 4.78 is 7.24. The lowest BCUT2D eigenvalue weighted by atomic mass is 10.2. The van der Waals surface area contributed by atoms with Crippen LogP contribution in [0.4, 0.5) is 0 Å². The third kappa shape index (κ3) is 2.23. The summed E-state index contributed by atoms with van der Waals surface area (Å²) in [4.78, 5) is 24.9. The lowest BCUT2D eigenvalue weighted by Gasteiger charge is -2.14. The molecule has 0 spiro atoms. The van der Waals surface area contributed by atoms with Crippen LogP contribution in [0.1, 0.15) is 19.1 Å². The molecule has 7 heteroatoms. The second kappa shape index (κ2) is 4.73. The third-order valence-electron chi connectivity index (χ3n) is 2.49. The highest BCUT2D eigenvalue weighted by molar-refractivity contribution is 9.10. The topological polar surface area (TPSA) is 64.1 Å². The maximum absolute atomic E-state index is 11.5. The van der Waals surface area contributed by atoms with Gasteiger partial charge in [-0.3, -0.25) is 14.3 Å². The van der Waals surface area contributed by atoms with Crippen molar-refractivity contribution < 1.29 is 4.74 Å². The predicted molar refractivity (Wildman–Crippen MR) is 62.9 cm³/mol. The van der Waals surface area contributed by atoms with Gasteiger partial charge in [0.2, 0.25) is 0 Å². The molecule has 2 rings (SSSR count). The van der Waals surface area contributed by atoms with E-state index in [4.69, 9.17) is 16.3 Å². The molecule has 5 nitrogen and oxygen atoms in total. The van der Waals surface area contributed by atoms with Gasteiger partial charge in [-0.2, -0.15) is 0 Å². The van der Waals surface area contributed by atoms with Crippen molar-refractivity contribution in [1.82, 2.24) is 9.55 Å². The fraction of sp³-hybridized carbons (Fsp3) is 0.556. The van der Waals surface area contributed by atoms with E-state index in [2.05, 4.69) is 20.9 Å². The van der Waals surface area contributed by atoms with E-state index in [1.54, 1.807) is 0 Å². The van der Waals surface area contributed by atoms with Gasteiger partial charge < -0.3 is 4.74 Å². The Balaban J connectivity index is 2.32. The number of aromatic amines is 1. The largest absolute Gasteiger partial charge is 0.353 e. The molecule has 0 unspecified atom stereocenters. The Bertz CT molecular complexity index is 498. The number of nitrogens with one attached hydrogen (secondary N) is 1. The van der Waals surface area contributed by atoms with Gasteiger partial charge in [0.15, 0.2) is 0 Å². The van der Waals surface area contributed by atoms with Crippen molar-refractivity contribution >= 4 is 27.5 Å². The summed E-state index contributed by atoms with van der Waals surface area (Å²) in [6.07, 6.45) is 2.61. The van der Waals surface area contributed by atoms with Crippen LogP contribution < -0.4 is 11.2 Å². The molecular weight excluding hydrogens is 299 g/mol. The number of nitrogens with zero attached hydrogens (tertiary/aromatic N) is 1. The Morgan fingerprint density at radius 3 is 2.94 bits per heavy atom. The number of aromatic nitrogens is 2. The summed E-state index contributed by atoms with van der Waals surface area (Å²) in [5.41, 5.74) is -0.901. The maximum atomic E-state index is 11.5. The number of H-pyrrole nitrogens is 1. The van der Waals surface area contributed by atoms with Gasteiger partial charge in [0.1, 0.15) is 6.23 Å². The molecule has 1 saturated heterocycles. The average Bonchev–Trinajstić information content (AvgIpc) is 2.71. The molecule has 2 atom stereocenters. The summed E-state index contributed by atoms with van der Waals surface area (Å²) >= 11 is 8.75. The van der Waals surface area contributed by atoms with Gasteiger partial charge in [0.25, 0.3) is 5.56 Å². The monoisotopic (exact) mass is 308 g/mol. The molecular formula is C9H10BrClN2O3. The molecule has 1 aromatic heterocycles. The first kappa shape index (κ1) is 11.9. The van der Waals surface area contributed by atoms with Crippen molar-refractivity contribution in [3.63, 3.8) is 0 Å². The molecule has 16 heavy (non-hydrogen) atoms. The van der Waals surface area contributed by atoms with Crippen molar-refractivity contribution in [1.29, 1.82) is 0 Å². The van der Waals surface area contributed by atoms with E-state index >= 15 is 0 Å². The van der Waals surface area contributed by atoms with E-state index in [1.165, 1.54) is 10.8 Å². The Kier molecular flexibility index (Phi) is 3.51. The molecule has 0 saturated carbocycles. The smallest absolute Gasteiger partial charge is 0.330 e. The number of ether oxygens (including phenoxy) is 1. The van der Waals surface area contributed by atoms with E-state index in [0.29, 0.717) is 10.4 Å². The minimum Gasteiger partial charge on any atom is -0.353 e. The molecule has 1 aromatic rings. The van der Waals surface area contributed by atoms with Crippen LogP contribution in [0.2, 0.25) is 0 Å². The van der Waals surface area contributed by atoms with Gasteiger partial charge in [0, 0.05) is 12.1 Å². The number of rotatable bonds is 2. The van der Waals surface area contributed by atoms with Crippen molar-refractivity contribution in [2.75, 3.05) is 5.88 Å². The molecule has 0 aliphatic carbocycles. The molecule has 1 aliphatic heterocycles. The summed E-state index contributed by atoms with van der Waals surface area (Å²) in [6.45, 7) is 0. The Hall–Kier alpha value is -0.590. The zero-order valence-corrected chi connectivity index (χ0v) is 10.6. The molecule has 0 radical (unpaired) electrons. The second-order valence-corrected chi connectivity index (χ2v) is 4.75. The standard InChI is InChI=1S/C9H10BrClN2O3/c10-6-4-13(9(15)12-8(6)14)7-2-1-5(3-11)16-7/h4-5,7H,1-3H2,(H,12,14,15)/t5-,7+/m0/s1. The van der Waals surface area contributed by atoms with Crippen molar-refractivity contribution in [3.8, 4) is 0 Å². The van der Waals surface area contributed by atoms with E-state index in [0.717, 1.165) is 12.8 Å². The van der Waals surface area contributed by atoms with Gasteiger partial charge in [-0.25, -0.2) is 4.79 Å². The molecule has 0 bridgehead atoms. The fourth-order valence-electron chi connectivity index (χ4n) is 1.68. The van der Waals surface area contributed by atoms with E-state index in [1.807, 2.05) is 0 Å². The molecule has 88 valence electrons. The van der Waals surface area contributed by atoms with Crippen LogP contribution >= 0.6 is 27.5 Å². The molecule has 1 fully saturated rings. The Morgan fingerprint density at radius 2 is 2.31 bits per heavy atom. The minimum atomic E-state index is -0.464. The van der Waals surface area contributed by atoms with Crippen LogP contribution in [0.15, 0.2) is 20.3 Å². The lowest BCUT2D eigenvalue weighted by molar-refractivity contribution is 0.00931. The van der Waals surface area contributed by atoms with Crippen LogP contribution in [-0.4, -0.2) is 21.5 Å². The Labute approximate surface area is 105 Å². The highest BCUT2D eigenvalue weighted by Gasteiger charge is 2.26. The molecule has 1 N–H and O–H groups in total. The van der Waals surface area contributed by atoms with Crippen LogP contribution in [0, 0.1) is 0 Å². The normalized spacial score (nSPS) is 24.9. The minimum absolute atomic E-state index is 0.0238. The maximum Gasteiger partial charge on any atom is 0.330 e. The summed E-state index contributed by atoms with van der Waals surface area (Å²) in [7, 11) is 0. The molecule has 2 heterocycles. The van der Waals surface area contributed by atoms with Gasteiger partial charge >= 0.3 is 5.69 Å². The van der Waals surface area contributed by atoms with E-state index in [-0.39, 0.29) is 12.3 Å². The van der Waals surface area contributed by atoms with Crippen LogP contribution in [-0.2, 0) is 4.74 Å². The van der Waals surface area contributed by atoms with Gasteiger partial charge in [-0.15, -0.1) is 11.6 Å². The van der Waals surface area contributed by atoms with Gasteiger partial charge in [-0.1, -0.05) is 0 Å². The summed E-state index contributed by atoms with van der Waals surface area (Å²) in [5, 5.41) is 0. The molecule has 0 aromatic carbocycles. The third-order valence-corrected chi connectivity index (χ3v) is 3.40. The van der Waals surface area contributed by atoms with E-state index < -0.39 is 11.2 Å². The fourth-order valence-corrected chi connectivity index (χ4v) is 2.23. The predicted octanol–water partition coefficient (Wildman–Crippen LogP) is 1.22. The molecule has 1 aliphatic rings. The molecule has 0 amide bonds. The van der Waals surface area contributed by atoms with E-state index in [9.17, 15) is 9.59 Å². The number of hydrogen-bond acceptors (Lipinski definition) is 3. The quantitative estimate of drug-likeness (QED) is 0.835. The highest BCUT2D eigenvalue weighted by atomic mass is 79.9. The van der Waals surface area contributed by atoms with Crippen LogP contribution in [0.25, 0.3) is 0 Å².